The Morgan fingerprint density at radius 1 is 1.05 bits per heavy atom. The molecule has 1 N–H and O–H groups in total. The Balaban J connectivity index is 2.20. The zero-order chi connectivity index (χ0) is 14.7. The zero-order valence-corrected chi connectivity index (χ0v) is 10.9. The summed E-state index contributed by atoms with van der Waals surface area (Å²) in [5.74, 6) is -3.49. The summed E-state index contributed by atoms with van der Waals surface area (Å²) >= 11 is 1.10. The van der Waals surface area contributed by atoms with E-state index >= 15 is 0 Å². The highest BCUT2D eigenvalue weighted by molar-refractivity contribution is 7.98. The summed E-state index contributed by atoms with van der Waals surface area (Å²) in [6.07, 6.45) is 0. The number of carboxylic acid groups (broad SMARTS) is 1. The van der Waals surface area contributed by atoms with Crippen LogP contribution in [-0.4, -0.2) is 11.1 Å². The zero-order valence-electron chi connectivity index (χ0n) is 10.1. The van der Waals surface area contributed by atoms with Crippen molar-refractivity contribution in [3.05, 3.63) is 65.0 Å². The summed E-state index contributed by atoms with van der Waals surface area (Å²) in [5, 5.41) is 8.99. The van der Waals surface area contributed by atoms with Crippen LogP contribution >= 0.6 is 11.8 Å². The van der Waals surface area contributed by atoms with Crippen LogP contribution < -0.4 is 0 Å². The lowest BCUT2D eigenvalue weighted by Gasteiger charge is -2.06. The van der Waals surface area contributed by atoms with Gasteiger partial charge in [0.2, 0.25) is 0 Å². The molecule has 0 amide bonds. The number of hydrogen-bond donors (Lipinski definition) is 1. The van der Waals surface area contributed by atoms with Crippen molar-refractivity contribution in [1.82, 2.24) is 0 Å². The van der Waals surface area contributed by atoms with Crippen molar-refractivity contribution in [2.75, 3.05) is 0 Å². The van der Waals surface area contributed by atoms with Crippen LogP contribution in [0.2, 0.25) is 0 Å². The third-order valence-electron chi connectivity index (χ3n) is 2.58. The Bertz CT molecular complexity index is 659. The van der Waals surface area contributed by atoms with Crippen molar-refractivity contribution < 1.29 is 23.1 Å². The third-order valence-corrected chi connectivity index (χ3v) is 3.63. The maximum absolute atomic E-state index is 13.1. The van der Waals surface area contributed by atoms with E-state index in [1.807, 2.05) is 0 Å². The smallest absolute Gasteiger partial charge is 0.335 e. The molecule has 0 aromatic heterocycles. The second-order valence-electron chi connectivity index (χ2n) is 3.97. The molecule has 0 heterocycles. The average molecular weight is 298 g/mol. The van der Waals surface area contributed by atoms with Gasteiger partial charge in [0, 0.05) is 10.6 Å². The van der Waals surface area contributed by atoms with Gasteiger partial charge in [-0.3, -0.25) is 0 Å². The lowest BCUT2D eigenvalue weighted by molar-refractivity contribution is 0.0696. The summed E-state index contributed by atoms with van der Waals surface area (Å²) < 4.78 is 38.9. The Labute approximate surface area is 117 Å². The molecule has 0 saturated carbocycles. The molecule has 0 unspecified atom stereocenters. The van der Waals surface area contributed by atoms with Crippen molar-refractivity contribution in [3.63, 3.8) is 0 Å². The molecule has 2 aromatic rings. The summed E-state index contributed by atoms with van der Waals surface area (Å²) in [5.41, 5.74) is 0.272. The van der Waals surface area contributed by atoms with Gasteiger partial charge in [-0.2, -0.15) is 0 Å². The Morgan fingerprint density at radius 3 is 2.45 bits per heavy atom. The van der Waals surface area contributed by atoms with Gasteiger partial charge >= 0.3 is 5.97 Å². The van der Waals surface area contributed by atoms with Crippen LogP contribution in [-0.2, 0) is 5.75 Å². The molecule has 2 rings (SSSR count). The van der Waals surface area contributed by atoms with Crippen LogP contribution in [0.5, 0.6) is 0 Å². The van der Waals surface area contributed by atoms with Gasteiger partial charge in [0.1, 0.15) is 5.82 Å². The fourth-order valence-electron chi connectivity index (χ4n) is 1.62. The number of hydrogen-bond acceptors (Lipinski definition) is 2. The van der Waals surface area contributed by atoms with Crippen molar-refractivity contribution >= 4 is 17.7 Å². The van der Waals surface area contributed by atoms with E-state index in [1.54, 1.807) is 0 Å². The van der Waals surface area contributed by atoms with Crippen LogP contribution in [0.3, 0.4) is 0 Å². The first kappa shape index (κ1) is 14.5. The molecule has 6 heteroatoms. The first-order valence-corrected chi connectivity index (χ1v) is 6.55. The van der Waals surface area contributed by atoms with E-state index in [2.05, 4.69) is 0 Å². The molecule has 0 aliphatic carbocycles. The maximum atomic E-state index is 13.1. The quantitative estimate of drug-likeness (QED) is 0.864. The van der Waals surface area contributed by atoms with E-state index in [0.717, 1.165) is 36.0 Å². The standard InChI is InChI=1S/C14H9F3O2S/c15-9-1-3-11(14(18)19)8(5-9)7-20-10-2-4-12(16)13(17)6-10/h1-6H,7H2,(H,18,19). The van der Waals surface area contributed by atoms with Crippen molar-refractivity contribution in [3.8, 4) is 0 Å². The second-order valence-corrected chi connectivity index (χ2v) is 5.02. The van der Waals surface area contributed by atoms with Gasteiger partial charge in [-0.15, -0.1) is 11.8 Å². The molecule has 0 atom stereocenters. The summed E-state index contributed by atoms with van der Waals surface area (Å²) in [6.45, 7) is 0. The van der Waals surface area contributed by atoms with Crippen LogP contribution in [0.25, 0.3) is 0 Å². The van der Waals surface area contributed by atoms with Crippen molar-refractivity contribution in [1.29, 1.82) is 0 Å². The van der Waals surface area contributed by atoms with Crippen LogP contribution in [0, 0.1) is 17.5 Å². The van der Waals surface area contributed by atoms with Gasteiger partial charge in [0.25, 0.3) is 0 Å². The fraction of sp³-hybridized carbons (Fsp3) is 0.0714. The predicted octanol–water partition coefficient (Wildman–Crippen LogP) is 4.09. The lowest BCUT2D eigenvalue weighted by atomic mass is 10.1. The van der Waals surface area contributed by atoms with E-state index in [4.69, 9.17) is 5.11 Å². The molecule has 2 aromatic carbocycles. The minimum Gasteiger partial charge on any atom is -0.478 e. The van der Waals surface area contributed by atoms with Gasteiger partial charge in [-0.25, -0.2) is 18.0 Å². The first-order chi connectivity index (χ1) is 9.47. The highest BCUT2D eigenvalue weighted by atomic mass is 32.2. The normalized spacial score (nSPS) is 10.6. The molecule has 0 aliphatic heterocycles. The van der Waals surface area contributed by atoms with Gasteiger partial charge in [-0.1, -0.05) is 0 Å². The van der Waals surface area contributed by atoms with E-state index in [-0.39, 0.29) is 16.9 Å². The largest absolute Gasteiger partial charge is 0.478 e. The SMILES string of the molecule is O=C(O)c1ccc(F)cc1CSc1ccc(F)c(F)c1. The second kappa shape index (κ2) is 6.00. The lowest BCUT2D eigenvalue weighted by Crippen LogP contribution is -2.02. The predicted molar refractivity (Wildman–Crippen MR) is 69.3 cm³/mol. The average Bonchev–Trinajstić information content (AvgIpc) is 2.40. The minimum atomic E-state index is -1.16. The van der Waals surface area contributed by atoms with Crippen LogP contribution in [0.1, 0.15) is 15.9 Å². The maximum Gasteiger partial charge on any atom is 0.335 e. The van der Waals surface area contributed by atoms with Crippen LogP contribution in [0.15, 0.2) is 41.3 Å². The number of carboxylic acids is 1. The molecule has 0 aliphatic rings. The third kappa shape index (κ3) is 3.33. The Kier molecular flexibility index (Phi) is 4.34. The number of aromatic carboxylic acids is 1. The monoisotopic (exact) mass is 298 g/mol. The Hall–Kier alpha value is -1.95. The Morgan fingerprint density at radius 2 is 1.80 bits per heavy atom. The molecular weight excluding hydrogens is 289 g/mol. The summed E-state index contributed by atoms with van der Waals surface area (Å²) in [4.78, 5) is 11.4. The summed E-state index contributed by atoms with van der Waals surface area (Å²) in [6, 6.07) is 6.74. The summed E-state index contributed by atoms with van der Waals surface area (Å²) in [7, 11) is 0. The van der Waals surface area contributed by atoms with Crippen molar-refractivity contribution in [2.24, 2.45) is 0 Å². The van der Waals surface area contributed by atoms with E-state index in [0.29, 0.717) is 4.90 Å². The van der Waals surface area contributed by atoms with Gasteiger partial charge in [-0.05, 0) is 42.0 Å². The number of carbonyl (C=O) groups is 1. The number of rotatable bonds is 4. The van der Waals surface area contributed by atoms with Crippen LogP contribution in [0.4, 0.5) is 13.2 Å². The minimum absolute atomic E-state index is 0.0125. The first-order valence-electron chi connectivity index (χ1n) is 5.57. The van der Waals surface area contributed by atoms with Gasteiger partial charge in [0.05, 0.1) is 5.56 Å². The molecule has 0 fully saturated rings. The molecule has 104 valence electrons. The molecular formula is C14H9F3O2S. The molecule has 0 spiro atoms. The number of benzene rings is 2. The number of halogens is 3. The number of thioether (sulfide) groups is 1. The molecule has 0 bridgehead atoms. The van der Waals surface area contributed by atoms with E-state index in [9.17, 15) is 18.0 Å². The van der Waals surface area contributed by atoms with E-state index < -0.39 is 23.4 Å². The van der Waals surface area contributed by atoms with E-state index in [1.165, 1.54) is 12.1 Å². The highest BCUT2D eigenvalue weighted by Crippen LogP contribution is 2.26. The van der Waals surface area contributed by atoms with Gasteiger partial charge < -0.3 is 5.11 Å². The molecule has 20 heavy (non-hydrogen) atoms. The fourth-order valence-corrected chi connectivity index (χ4v) is 2.53. The molecule has 2 nitrogen and oxygen atoms in total. The highest BCUT2D eigenvalue weighted by Gasteiger charge is 2.12. The molecule has 0 radical (unpaired) electrons. The molecule has 0 saturated heterocycles. The van der Waals surface area contributed by atoms with Crippen molar-refractivity contribution in [2.45, 2.75) is 10.6 Å². The van der Waals surface area contributed by atoms with Gasteiger partial charge in [0.15, 0.2) is 11.6 Å². The topological polar surface area (TPSA) is 37.3 Å².